The molecule has 3 fully saturated rings. The lowest BCUT2D eigenvalue weighted by molar-refractivity contribution is -0.0546. The third-order valence-electron chi connectivity index (χ3n) is 9.82. The van der Waals surface area contributed by atoms with Gasteiger partial charge in [-0.1, -0.05) is 19.1 Å². The first-order valence-electron chi connectivity index (χ1n) is 19.2. The van der Waals surface area contributed by atoms with E-state index in [1.807, 2.05) is 6.92 Å². The molecular formula is C34H43BF2N10O11P2S. The molecule has 1 aromatic carbocycles. The van der Waals surface area contributed by atoms with Crippen LogP contribution in [-0.2, 0) is 51.9 Å². The zero-order valence-electron chi connectivity index (χ0n) is 32.9. The highest BCUT2D eigenvalue weighted by Gasteiger charge is 2.54. The number of hydrogen-bond acceptors (Lipinski definition) is 20. The van der Waals surface area contributed by atoms with Crippen LogP contribution in [0.4, 0.5) is 20.4 Å². The first-order valence-corrected chi connectivity index (χ1v) is 24.4. The maximum Gasteiger partial charge on any atom is 0.389 e. The second-order valence-electron chi connectivity index (χ2n) is 14.1. The molecule has 3 aliphatic heterocycles. The Kier molecular flexibility index (Phi) is 13.5. The highest BCUT2D eigenvalue weighted by atomic mass is 32.7. The van der Waals surface area contributed by atoms with Crippen LogP contribution in [0.5, 0.6) is 5.75 Å². The van der Waals surface area contributed by atoms with Gasteiger partial charge in [-0.25, -0.2) is 43.2 Å². The van der Waals surface area contributed by atoms with Crippen LogP contribution >= 0.6 is 25.7 Å². The van der Waals surface area contributed by atoms with E-state index in [2.05, 4.69) is 29.9 Å². The summed E-state index contributed by atoms with van der Waals surface area (Å²) >= 11 is 0.761. The molecule has 3 aliphatic rings. The number of nitrogens with two attached hydrogens (primary N) is 2. The summed E-state index contributed by atoms with van der Waals surface area (Å²) in [6, 6.07) is 7.00. The number of aromatic nitrogens is 8. The van der Waals surface area contributed by atoms with Crippen molar-refractivity contribution in [1.29, 1.82) is 0 Å². The van der Waals surface area contributed by atoms with Gasteiger partial charge in [0.15, 0.2) is 47.7 Å². The zero-order chi connectivity index (χ0) is 42.7. The topological polar surface area (TPSA) is 256 Å². The maximum absolute atomic E-state index is 16.8. The van der Waals surface area contributed by atoms with Gasteiger partial charge in [0.1, 0.15) is 60.5 Å². The van der Waals surface area contributed by atoms with Crippen LogP contribution in [-0.4, -0.2) is 130 Å². The maximum atomic E-state index is 16.8. The standard InChI is InChI=1S/C34H43BF2N10O11P2S/c1-2-7-50-8-9-51-10-11-52-20-5-3-19(4-6-20)14-61-60(49)54-13-22-27(23(36)33(56-22)46-17-44-25-29(38)40-15-42-31(25)46)57-59(35,48)53-12-21-28(58-60)24(37)34(55-21)47-18-45-26-30(39)41-16-43-32(26)47/h3-6,15-18,21-24,27-28,33-34H,2,7-14,35H2,1H3,(H2,38,40,42)(H2,39,41,43)/t21-,22-,23-,24-,27-,28-,33-,34-,59-,60+/m1/s1. The summed E-state index contributed by atoms with van der Waals surface area (Å²) in [5, 5.41) is 0. The largest absolute Gasteiger partial charge is 0.491 e. The molecule has 0 amide bonds. The number of alkyl halides is 2. The van der Waals surface area contributed by atoms with Gasteiger partial charge in [-0.05, 0) is 35.5 Å². The van der Waals surface area contributed by atoms with Crippen LogP contribution in [0.2, 0.25) is 0 Å². The van der Waals surface area contributed by atoms with E-state index in [4.69, 9.17) is 53.2 Å². The Morgan fingerprint density at radius 1 is 0.770 bits per heavy atom. The first-order chi connectivity index (χ1) is 29.4. The Morgan fingerprint density at radius 3 is 1.90 bits per heavy atom. The summed E-state index contributed by atoms with van der Waals surface area (Å²) in [4.78, 5) is 24.6. The van der Waals surface area contributed by atoms with Crippen molar-refractivity contribution < 1.29 is 59.7 Å². The van der Waals surface area contributed by atoms with Crippen molar-refractivity contribution in [3.05, 3.63) is 55.1 Å². The Balaban J connectivity index is 1.03. The minimum absolute atomic E-state index is 0.0544. The van der Waals surface area contributed by atoms with Crippen LogP contribution in [0.15, 0.2) is 49.6 Å². The monoisotopic (exact) mass is 910 g/mol. The molecule has 0 saturated carbocycles. The molecular weight excluding hydrogens is 867 g/mol. The number of imidazole rings is 2. The van der Waals surface area contributed by atoms with E-state index >= 15 is 8.78 Å². The number of nitrogens with zero attached hydrogens (tertiary/aromatic N) is 8. The highest BCUT2D eigenvalue weighted by molar-refractivity contribution is 8.54. The van der Waals surface area contributed by atoms with Gasteiger partial charge in [-0.15, -0.1) is 0 Å². The van der Waals surface area contributed by atoms with Crippen molar-refractivity contribution >= 4 is 67.2 Å². The van der Waals surface area contributed by atoms with Crippen molar-refractivity contribution in [3.8, 4) is 5.75 Å². The fourth-order valence-electron chi connectivity index (χ4n) is 6.86. The lowest BCUT2D eigenvalue weighted by Gasteiger charge is -2.30. The number of fused-ring (bicyclic) bond motifs is 4. The van der Waals surface area contributed by atoms with Gasteiger partial charge < -0.3 is 44.2 Å². The van der Waals surface area contributed by atoms with Gasteiger partial charge >= 0.3 is 6.80 Å². The minimum atomic E-state index is -4.44. The number of anilines is 2. The molecule has 5 aromatic rings. The molecule has 0 bridgehead atoms. The summed E-state index contributed by atoms with van der Waals surface area (Å²) in [6.45, 7) is -1.28. The van der Waals surface area contributed by atoms with Crippen molar-refractivity contribution in [2.75, 3.05) is 57.7 Å². The Labute approximate surface area is 352 Å². The van der Waals surface area contributed by atoms with Crippen LogP contribution in [0, 0.1) is 0 Å². The highest BCUT2D eigenvalue weighted by Crippen LogP contribution is 2.65. The van der Waals surface area contributed by atoms with E-state index in [-0.39, 0.29) is 39.7 Å². The van der Waals surface area contributed by atoms with Gasteiger partial charge in [0.05, 0.1) is 45.7 Å². The van der Waals surface area contributed by atoms with Gasteiger partial charge in [-0.2, -0.15) is 0 Å². The van der Waals surface area contributed by atoms with Crippen LogP contribution in [0.3, 0.4) is 0 Å². The Morgan fingerprint density at radius 2 is 1.31 bits per heavy atom. The second-order valence-corrected chi connectivity index (χ2v) is 20.2. The molecule has 21 nitrogen and oxygen atoms in total. The minimum Gasteiger partial charge on any atom is -0.491 e. The second kappa shape index (κ2) is 18.9. The fourth-order valence-corrected chi connectivity index (χ4v) is 11.4. The molecule has 27 heteroatoms. The summed E-state index contributed by atoms with van der Waals surface area (Å²) in [7, 11) is -3.03. The number of rotatable bonds is 14. The van der Waals surface area contributed by atoms with Crippen molar-refractivity contribution in [1.82, 2.24) is 39.0 Å². The molecule has 7 heterocycles. The van der Waals surface area contributed by atoms with Crippen molar-refractivity contribution in [2.45, 2.75) is 68.3 Å². The fraction of sp³-hybridized carbons (Fsp3) is 0.529. The molecule has 4 aromatic heterocycles. The molecule has 61 heavy (non-hydrogen) atoms. The van der Waals surface area contributed by atoms with E-state index in [0.717, 1.165) is 25.4 Å². The van der Waals surface area contributed by atoms with Crippen molar-refractivity contribution in [3.63, 3.8) is 0 Å². The summed E-state index contributed by atoms with van der Waals surface area (Å²) in [5.41, 5.74) is 13.3. The molecule has 0 unspecified atom stereocenters. The molecule has 0 spiro atoms. The summed E-state index contributed by atoms with van der Waals surface area (Å²) < 4.78 is 117. The number of hydrogen-bond donors (Lipinski definition) is 2. The van der Waals surface area contributed by atoms with E-state index in [1.165, 1.54) is 34.4 Å². The predicted octanol–water partition coefficient (Wildman–Crippen LogP) is 3.72. The quantitative estimate of drug-likeness (QED) is 0.0914. The number of ether oxygens (including phenoxy) is 5. The number of halogens is 2. The van der Waals surface area contributed by atoms with E-state index in [1.54, 1.807) is 24.3 Å². The number of nitrogen functional groups attached to an aromatic ring is 2. The molecule has 4 N–H and O–H groups in total. The van der Waals surface area contributed by atoms with Crippen LogP contribution in [0.1, 0.15) is 31.4 Å². The molecule has 8 rings (SSSR count). The molecule has 0 aliphatic carbocycles. The smallest absolute Gasteiger partial charge is 0.389 e. The first kappa shape index (κ1) is 43.8. The molecule has 3 saturated heterocycles. The zero-order valence-corrected chi connectivity index (χ0v) is 35.5. The summed E-state index contributed by atoms with van der Waals surface area (Å²) in [5.74, 6) is 0.746. The third-order valence-corrected chi connectivity index (χ3v) is 14.7. The predicted molar refractivity (Wildman–Crippen MR) is 218 cm³/mol. The lowest BCUT2D eigenvalue weighted by Crippen LogP contribution is -2.37. The molecule has 10 atom stereocenters. The lowest BCUT2D eigenvalue weighted by atomic mass is 10.1. The molecule has 328 valence electrons. The van der Waals surface area contributed by atoms with E-state index in [9.17, 15) is 9.13 Å². The number of benzene rings is 1. The molecule has 0 radical (unpaired) electrons. The van der Waals surface area contributed by atoms with Gasteiger partial charge in [0, 0.05) is 12.4 Å². The van der Waals surface area contributed by atoms with E-state index in [0.29, 0.717) is 44.3 Å². The van der Waals surface area contributed by atoms with Gasteiger partial charge in [0.25, 0.3) is 15.0 Å². The van der Waals surface area contributed by atoms with Crippen molar-refractivity contribution in [2.24, 2.45) is 0 Å². The average Bonchev–Trinajstić information content (AvgIpc) is 4.02. The SMILES string of the molecule is B[P@@]1(=O)OC[C@H]2O[C@@H](n3cnc4c(N)ncnc43)[C@H](F)[C@@H]2O[P@@](=O)(SCc2ccc(OCCOCCOCCC)cc2)OC[C@H]2O[C@@H](n3cnc4c(N)ncnc43)[C@H](F)[C@@H]2O1. The van der Waals surface area contributed by atoms with E-state index < -0.39 is 76.7 Å². The third kappa shape index (κ3) is 9.71. The summed E-state index contributed by atoms with van der Waals surface area (Å²) in [6.07, 6.45) is -7.01. The Bertz CT molecular complexity index is 2390. The van der Waals surface area contributed by atoms with Crippen LogP contribution < -0.4 is 16.2 Å². The van der Waals surface area contributed by atoms with Crippen LogP contribution in [0.25, 0.3) is 22.3 Å². The van der Waals surface area contributed by atoms with Gasteiger partial charge in [-0.3, -0.25) is 22.7 Å². The van der Waals surface area contributed by atoms with Gasteiger partial charge in [0.2, 0.25) is 0 Å². The Hall–Kier alpha value is -3.87. The normalized spacial score (nSPS) is 30.8. The average molecular weight is 911 g/mol.